The maximum Gasteiger partial charge on any atom is 0.153 e. The molecule has 6 nitrogen and oxygen atoms in total. The molecule has 0 radical (unpaired) electrons. The van der Waals surface area contributed by atoms with E-state index in [0.29, 0.717) is 13.1 Å². The van der Waals surface area contributed by atoms with Crippen LogP contribution < -0.4 is 10.5 Å². The summed E-state index contributed by atoms with van der Waals surface area (Å²) in [4.78, 5) is 6.29. The number of aromatic nitrogens is 1. The van der Waals surface area contributed by atoms with Crippen LogP contribution in [-0.4, -0.2) is 41.6 Å². The fourth-order valence-corrected chi connectivity index (χ4v) is 1.54. The number of methoxy groups -OCH3 is 1. The minimum atomic E-state index is 0.173. The van der Waals surface area contributed by atoms with E-state index in [2.05, 4.69) is 10.1 Å². The Balaban J connectivity index is 2.70. The van der Waals surface area contributed by atoms with Gasteiger partial charge in [-0.1, -0.05) is 5.16 Å². The van der Waals surface area contributed by atoms with Crippen molar-refractivity contribution in [3.8, 4) is 5.75 Å². The van der Waals surface area contributed by atoms with E-state index in [1.807, 2.05) is 31.0 Å². The first kappa shape index (κ1) is 13.2. The van der Waals surface area contributed by atoms with Crippen molar-refractivity contribution in [3.05, 3.63) is 23.5 Å². The second-order valence-corrected chi connectivity index (χ2v) is 3.90. The lowest BCUT2D eigenvalue weighted by Crippen LogP contribution is -2.30. The van der Waals surface area contributed by atoms with Crippen molar-refractivity contribution in [2.45, 2.75) is 13.5 Å². The van der Waals surface area contributed by atoms with E-state index in [1.54, 1.807) is 7.11 Å². The maximum atomic E-state index is 8.48. The number of pyridine rings is 1. The number of rotatable bonds is 5. The van der Waals surface area contributed by atoms with Crippen molar-refractivity contribution in [3.63, 3.8) is 0 Å². The lowest BCUT2D eigenvalue weighted by Gasteiger charge is -2.15. The highest BCUT2D eigenvalue weighted by atomic mass is 16.5. The summed E-state index contributed by atoms with van der Waals surface area (Å²) in [5.74, 6) is 0.955. The Morgan fingerprint density at radius 1 is 1.59 bits per heavy atom. The van der Waals surface area contributed by atoms with Crippen molar-refractivity contribution >= 4 is 5.84 Å². The molecular weight excluding hydrogens is 220 g/mol. The molecule has 0 aliphatic heterocycles. The van der Waals surface area contributed by atoms with Gasteiger partial charge in [-0.3, -0.25) is 9.88 Å². The molecule has 3 N–H and O–H groups in total. The standard InChI is InChI=1S/C11H18N4O2/c1-8-4-10(17-3)5-9(13-8)6-15(2)7-11(12)14-16/h4-5,16H,6-7H2,1-3H3,(H2,12,14). The summed E-state index contributed by atoms with van der Waals surface area (Å²) in [5.41, 5.74) is 7.21. The van der Waals surface area contributed by atoms with Gasteiger partial charge in [0, 0.05) is 24.4 Å². The highest BCUT2D eigenvalue weighted by Crippen LogP contribution is 2.14. The van der Waals surface area contributed by atoms with Crippen molar-refractivity contribution in [1.29, 1.82) is 0 Å². The third-order valence-electron chi connectivity index (χ3n) is 2.21. The van der Waals surface area contributed by atoms with Crippen LogP contribution in [0.4, 0.5) is 0 Å². The molecule has 6 heteroatoms. The first-order valence-electron chi connectivity index (χ1n) is 5.21. The van der Waals surface area contributed by atoms with Gasteiger partial charge in [-0.2, -0.15) is 0 Å². The Hall–Kier alpha value is -1.82. The molecule has 0 amide bonds. The van der Waals surface area contributed by atoms with Crippen molar-refractivity contribution in [2.24, 2.45) is 10.9 Å². The van der Waals surface area contributed by atoms with Gasteiger partial charge < -0.3 is 15.7 Å². The minimum Gasteiger partial charge on any atom is -0.497 e. The molecule has 0 saturated heterocycles. The molecular formula is C11H18N4O2. The van der Waals surface area contributed by atoms with E-state index in [-0.39, 0.29) is 5.84 Å². The summed E-state index contributed by atoms with van der Waals surface area (Å²) < 4.78 is 5.17. The third-order valence-corrected chi connectivity index (χ3v) is 2.21. The number of ether oxygens (including phenoxy) is 1. The van der Waals surface area contributed by atoms with Gasteiger partial charge in [0.1, 0.15) is 5.75 Å². The van der Waals surface area contributed by atoms with E-state index in [1.165, 1.54) is 0 Å². The molecule has 17 heavy (non-hydrogen) atoms. The van der Waals surface area contributed by atoms with Crippen LogP contribution in [0.1, 0.15) is 11.4 Å². The third kappa shape index (κ3) is 4.28. The molecule has 1 aromatic rings. The Labute approximate surface area is 101 Å². The van der Waals surface area contributed by atoms with Crippen molar-refractivity contribution in [2.75, 3.05) is 20.7 Å². The van der Waals surface area contributed by atoms with Gasteiger partial charge in [-0.15, -0.1) is 0 Å². The molecule has 0 spiro atoms. The number of hydrogen-bond donors (Lipinski definition) is 2. The Morgan fingerprint density at radius 2 is 2.29 bits per heavy atom. The topological polar surface area (TPSA) is 84.0 Å². The zero-order chi connectivity index (χ0) is 12.8. The molecule has 0 aliphatic carbocycles. The average Bonchev–Trinajstić information content (AvgIpc) is 2.27. The van der Waals surface area contributed by atoms with E-state index in [4.69, 9.17) is 15.7 Å². The molecule has 0 aliphatic rings. The number of nitrogens with two attached hydrogens (primary N) is 1. The quantitative estimate of drug-likeness (QED) is 0.339. The molecule has 94 valence electrons. The summed E-state index contributed by atoms with van der Waals surface area (Å²) >= 11 is 0. The van der Waals surface area contributed by atoms with Gasteiger partial charge in [0.15, 0.2) is 5.84 Å². The Morgan fingerprint density at radius 3 is 2.88 bits per heavy atom. The molecule has 1 aromatic heterocycles. The largest absolute Gasteiger partial charge is 0.497 e. The summed E-state index contributed by atoms with van der Waals surface area (Å²) in [6.45, 7) is 2.90. The first-order chi connectivity index (χ1) is 8.05. The van der Waals surface area contributed by atoms with Gasteiger partial charge in [-0.25, -0.2) is 0 Å². The molecule has 1 rings (SSSR count). The molecule has 0 bridgehead atoms. The number of likely N-dealkylation sites (N-methyl/N-ethyl adjacent to an activating group) is 1. The van der Waals surface area contributed by atoms with E-state index >= 15 is 0 Å². The van der Waals surface area contributed by atoms with Crippen LogP contribution in [0.2, 0.25) is 0 Å². The molecule has 0 aromatic carbocycles. The van der Waals surface area contributed by atoms with Crippen LogP contribution in [0.5, 0.6) is 5.75 Å². The van der Waals surface area contributed by atoms with Gasteiger partial charge in [0.2, 0.25) is 0 Å². The van der Waals surface area contributed by atoms with Crippen LogP contribution in [0.15, 0.2) is 17.3 Å². The monoisotopic (exact) mass is 238 g/mol. The number of aryl methyl sites for hydroxylation is 1. The first-order valence-corrected chi connectivity index (χ1v) is 5.21. The lowest BCUT2D eigenvalue weighted by molar-refractivity contribution is 0.307. The average molecular weight is 238 g/mol. The second-order valence-electron chi connectivity index (χ2n) is 3.90. The molecule has 1 heterocycles. The zero-order valence-corrected chi connectivity index (χ0v) is 10.3. The Kier molecular flexibility index (Phi) is 4.71. The summed E-state index contributed by atoms with van der Waals surface area (Å²) in [7, 11) is 3.49. The zero-order valence-electron chi connectivity index (χ0n) is 10.3. The van der Waals surface area contributed by atoms with E-state index < -0.39 is 0 Å². The van der Waals surface area contributed by atoms with Crippen LogP contribution in [-0.2, 0) is 6.54 Å². The van der Waals surface area contributed by atoms with E-state index in [9.17, 15) is 0 Å². The van der Waals surface area contributed by atoms with Crippen molar-refractivity contribution in [1.82, 2.24) is 9.88 Å². The van der Waals surface area contributed by atoms with Crippen LogP contribution >= 0.6 is 0 Å². The number of hydrogen-bond acceptors (Lipinski definition) is 5. The predicted octanol–water partition coefficient (Wildman–Crippen LogP) is 0.577. The summed E-state index contributed by atoms with van der Waals surface area (Å²) in [5, 5.41) is 11.4. The highest BCUT2D eigenvalue weighted by molar-refractivity contribution is 5.81. The van der Waals surface area contributed by atoms with Crippen LogP contribution in [0, 0.1) is 6.92 Å². The summed E-state index contributed by atoms with van der Waals surface area (Å²) in [6, 6.07) is 3.74. The number of amidine groups is 1. The fourth-order valence-electron chi connectivity index (χ4n) is 1.54. The molecule has 0 fully saturated rings. The molecule has 0 atom stereocenters. The number of oxime groups is 1. The van der Waals surface area contributed by atoms with Gasteiger partial charge in [0.05, 0.1) is 19.3 Å². The normalized spacial score (nSPS) is 11.9. The van der Waals surface area contributed by atoms with Crippen LogP contribution in [0.3, 0.4) is 0 Å². The van der Waals surface area contributed by atoms with Gasteiger partial charge >= 0.3 is 0 Å². The number of nitrogens with zero attached hydrogens (tertiary/aromatic N) is 3. The Bertz CT molecular complexity index is 406. The molecule has 0 unspecified atom stereocenters. The highest BCUT2D eigenvalue weighted by Gasteiger charge is 2.06. The second kappa shape index (κ2) is 6.05. The minimum absolute atomic E-state index is 0.173. The van der Waals surface area contributed by atoms with E-state index in [0.717, 1.165) is 17.1 Å². The lowest BCUT2D eigenvalue weighted by atomic mass is 10.2. The fraction of sp³-hybridized carbons (Fsp3) is 0.455. The maximum absolute atomic E-state index is 8.48. The SMILES string of the molecule is COc1cc(C)nc(CN(C)C/C(N)=N/O)c1. The predicted molar refractivity (Wildman–Crippen MR) is 65.3 cm³/mol. The molecule has 0 saturated carbocycles. The van der Waals surface area contributed by atoms with Crippen molar-refractivity contribution < 1.29 is 9.94 Å². The smallest absolute Gasteiger partial charge is 0.153 e. The van der Waals surface area contributed by atoms with Crippen LogP contribution in [0.25, 0.3) is 0 Å². The van der Waals surface area contributed by atoms with Gasteiger partial charge in [0.25, 0.3) is 0 Å². The van der Waals surface area contributed by atoms with Gasteiger partial charge in [-0.05, 0) is 14.0 Å². The summed E-state index contributed by atoms with van der Waals surface area (Å²) in [6.07, 6.45) is 0.